The molecule has 1 amide bonds. The lowest BCUT2D eigenvalue weighted by Crippen LogP contribution is -2.40. The first-order valence-electron chi connectivity index (χ1n) is 9.85. The van der Waals surface area contributed by atoms with Gasteiger partial charge < -0.3 is 14.9 Å². The van der Waals surface area contributed by atoms with Gasteiger partial charge in [0.2, 0.25) is 0 Å². The van der Waals surface area contributed by atoms with E-state index in [4.69, 9.17) is 0 Å². The van der Waals surface area contributed by atoms with Gasteiger partial charge in [-0.1, -0.05) is 0 Å². The van der Waals surface area contributed by atoms with Gasteiger partial charge in [-0.2, -0.15) is 5.10 Å². The Labute approximate surface area is 159 Å². The molecule has 7 heteroatoms. The van der Waals surface area contributed by atoms with E-state index in [0.717, 1.165) is 57.7 Å². The van der Waals surface area contributed by atoms with E-state index in [1.165, 1.54) is 0 Å². The number of anilines is 1. The molecule has 2 aromatic heterocycles. The van der Waals surface area contributed by atoms with Crippen molar-refractivity contribution in [3.8, 4) is 0 Å². The molecular weight excluding hydrogens is 342 g/mol. The first-order chi connectivity index (χ1) is 13.2. The van der Waals surface area contributed by atoms with Crippen LogP contribution in [0.2, 0.25) is 0 Å². The van der Waals surface area contributed by atoms with Gasteiger partial charge in [0.1, 0.15) is 5.82 Å². The number of nitrogens with zero attached hydrogens (tertiary/aromatic N) is 5. The number of amides is 1. The van der Waals surface area contributed by atoms with Gasteiger partial charge in [0, 0.05) is 51.3 Å². The zero-order valence-corrected chi connectivity index (χ0v) is 15.6. The normalized spacial score (nSPS) is 21.4. The fraction of sp³-hybridized carbons (Fsp3) is 0.550. The molecule has 27 heavy (non-hydrogen) atoms. The van der Waals surface area contributed by atoms with Crippen LogP contribution < -0.4 is 4.90 Å². The number of rotatable bonds is 4. The second kappa shape index (κ2) is 8.08. The summed E-state index contributed by atoms with van der Waals surface area (Å²) in [6.45, 7) is 4.01. The van der Waals surface area contributed by atoms with Crippen molar-refractivity contribution in [2.45, 2.75) is 38.3 Å². The fourth-order valence-corrected chi connectivity index (χ4v) is 4.04. The highest BCUT2D eigenvalue weighted by Crippen LogP contribution is 2.22. The van der Waals surface area contributed by atoms with E-state index >= 15 is 0 Å². The number of likely N-dealkylation sites (tertiary alicyclic amines) is 1. The van der Waals surface area contributed by atoms with Gasteiger partial charge in [-0.05, 0) is 49.8 Å². The number of carbonyl (C=O) groups is 1. The van der Waals surface area contributed by atoms with Gasteiger partial charge in [0.15, 0.2) is 0 Å². The van der Waals surface area contributed by atoms with Crippen LogP contribution in [0.3, 0.4) is 0 Å². The zero-order valence-electron chi connectivity index (χ0n) is 15.6. The molecule has 1 atom stereocenters. The van der Waals surface area contributed by atoms with E-state index in [-0.39, 0.29) is 12.0 Å². The molecule has 144 valence electrons. The monoisotopic (exact) mass is 369 g/mol. The van der Waals surface area contributed by atoms with Crippen molar-refractivity contribution in [2.24, 2.45) is 5.92 Å². The molecule has 0 aromatic carbocycles. The Morgan fingerprint density at radius 2 is 2.04 bits per heavy atom. The largest absolute Gasteiger partial charge is 0.391 e. The third-order valence-corrected chi connectivity index (χ3v) is 5.62. The topological polar surface area (TPSA) is 74.5 Å². The van der Waals surface area contributed by atoms with E-state index in [2.05, 4.69) is 15.0 Å². The van der Waals surface area contributed by atoms with E-state index < -0.39 is 0 Å². The van der Waals surface area contributed by atoms with Crippen LogP contribution in [0.15, 0.2) is 36.8 Å². The molecule has 0 bridgehead atoms. The minimum atomic E-state index is -0.287. The predicted molar refractivity (Wildman–Crippen MR) is 103 cm³/mol. The van der Waals surface area contributed by atoms with Crippen molar-refractivity contribution in [3.05, 3.63) is 42.4 Å². The van der Waals surface area contributed by atoms with Gasteiger partial charge in [0.25, 0.3) is 5.91 Å². The minimum Gasteiger partial charge on any atom is -0.391 e. The summed E-state index contributed by atoms with van der Waals surface area (Å²) in [4.78, 5) is 21.3. The number of β-amino-alcohol motifs (C(OH)–C–C–N with tert-alkyl or cyclic N) is 1. The first kappa shape index (κ1) is 18.0. The number of piperidine rings is 2. The summed E-state index contributed by atoms with van der Waals surface area (Å²) < 4.78 is 1.97. The molecule has 2 aromatic rings. The van der Waals surface area contributed by atoms with Crippen LogP contribution in [0.5, 0.6) is 0 Å². The molecule has 0 saturated carbocycles. The first-order valence-corrected chi connectivity index (χ1v) is 9.85. The number of carbonyl (C=O) groups excluding carboxylic acids is 1. The molecule has 2 aliphatic heterocycles. The molecule has 0 radical (unpaired) electrons. The standard InChI is InChI=1S/C20H27N5O2/c26-18-3-1-9-24(15-18)19-5-4-17(13-21-19)20(27)23-11-6-16(7-12-23)14-25-10-2-8-22-25/h2,4-5,8,10,13,16,18,26H,1,3,6-7,9,11-12,14-15H2/t18-/m0/s1. The van der Waals surface area contributed by atoms with Gasteiger partial charge in [0.05, 0.1) is 11.7 Å². The third kappa shape index (κ3) is 4.30. The molecule has 0 aliphatic carbocycles. The van der Waals surface area contributed by atoms with Crippen molar-refractivity contribution < 1.29 is 9.90 Å². The number of hydrogen-bond acceptors (Lipinski definition) is 5. The van der Waals surface area contributed by atoms with Crippen LogP contribution in [-0.2, 0) is 6.54 Å². The third-order valence-electron chi connectivity index (χ3n) is 5.62. The summed E-state index contributed by atoms with van der Waals surface area (Å²) in [5.41, 5.74) is 0.641. The molecule has 7 nitrogen and oxygen atoms in total. The lowest BCUT2D eigenvalue weighted by Gasteiger charge is -2.32. The molecule has 2 saturated heterocycles. The van der Waals surface area contributed by atoms with E-state index in [1.54, 1.807) is 12.4 Å². The molecule has 4 rings (SSSR count). The summed E-state index contributed by atoms with van der Waals surface area (Å²) in [5.74, 6) is 1.47. The average Bonchev–Trinajstić information content (AvgIpc) is 3.21. The highest BCUT2D eigenvalue weighted by atomic mass is 16.3. The van der Waals surface area contributed by atoms with Crippen molar-refractivity contribution in [2.75, 3.05) is 31.1 Å². The second-order valence-corrected chi connectivity index (χ2v) is 7.61. The minimum absolute atomic E-state index is 0.0604. The van der Waals surface area contributed by atoms with E-state index in [0.29, 0.717) is 18.0 Å². The highest BCUT2D eigenvalue weighted by Gasteiger charge is 2.25. The number of pyridine rings is 1. The van der Waals surface area contributed by atoms with Crippen LogP contribution in [-0.4, -0.2) is 63.0 Å². The van der Waals surface area contributed by atoms with Gasteiger partial charge in [-0.15, -0.1) is 0 Å². The maximum Gasteiger partial charge on any atom is 0.255 e. The van der Waals surface area contributed by atoms with Crippen molar-refractivity contribution >= 4 is 11.7 Å². The maximum atomic E-state index is 12.8. The zero-order chi connectivity index (χ0) is 18.6. The van der Waals surface area contributed by atoms with Crippen LogP contribution >= 0.6 is 0 Å². The summed E-state index contributed by atoms with van der Waals surface area (Å²) in [5, 5.41) is 14.1. The highest BCUT2D eigenvalue weighted by molar-refractivity contribution is 5.94. The Kier molecular flexibility index (Phi) is 5.38. The number of aliphatic hydroxyl groups excluding tert-OH is 1. The van der Waals surface area contributed by atoms with Crippen LogP contribution in [0, 0.1) is 5.92 Å². The Bertz CT molecular complexity index is 738. The lowest BCUT2D eigenvalue weighted by atomic mass is 9.96. The predicted octanol–water partition coefficient (Wildman–Crippen LogP) is 1.79. The SMILES string of the molecule is O=C(c1ccc(N2CCC[C@H](O)C2)nc1)N1CCC(Cn2cccn2)CC1. The van der Waals surface area contributed by atoms with Gasteiger partial charge in [-0.3, -0.25) is 9.48 Å². The maximum absolute atomic E-state index is 12.8. The van der Waals surface area contributed by atoms with E-state index in [9.17, 15) is 9.90 Å². The molecule has 2 aliphatic rings. The quantitative estimate of drug-likeness (QED) is 0.889. The summed E-state index contributed by atoms with van der Waals surface area (Å²) >= 11 is 0. The average molecular weight is 369 g/mol. The molecular formula is C20H27N5O2. The van der Waals surface area contributed by atoms with Crippen molar-refractivity contribution in [1.82, 2.24) is 19.7 Å². The Balaban J connectivity index is 1.32. The molecule has 2 fully saturated rings. The van der Waals surface area contributed by atoms with Gasteiger partial charge >= 0.3 is 0 Å². The van der Waals surface area contributed by atoms with Crippen molar-refractivity contribution in [3.63, 3.8) is 0 Å². The number of aromatic nitrogens is 3. The van der Waals surface area contributed by atoms with E-state index in [1.807, 2.05) is 34.0 Å². The number of aliphatic hydroxyl groups is 1. The molecule has 0 unspecified atom stereocenters. The van der Waals surface area contributed by atoms with Crippen LogP contribution in [0.1, 0.15) is 36.0 Å². The van der Waals surface area contributed by atoms with Crippen LogP contribution in [0.4, 0.5) is 5.82 Å². The fourth-order valence-electron chi connectivity index (χ4n) is 4.04. The van der Waals surface area contributed by atoms with Crippen LogP contribution in [0.25, 0.3) is 0 Å². The lowest BCUT2D eigenvalue weighted by molar-refractivity contribution is 0.0681. The smallest absolute Gasteiger partial charge is 0.255 e. The molecule has 1 N–H and O–H groups in total. The summed E-state index contributed by atoms with van der Waals surface area (Å²) in [7, 11) is 0. The second-order valence-electron chi connectivity index (χ2n) is 7.61. The summed E-state index contributed by atoms with van der Waals surface area (Å²) in [6, 6.07) is 5.71. The van der Waals surface area contributed by atoms with Gasteiger partial charge in [-0.25, -0.2) is 4.98 Å². The van der Waals surface area contributed by atoms with Crippen molar-refractivity contribution in [1.29, 1.82) is 0 Å². The Hall–Kier alpha value is -2.41. The molecule has 4 heterocycles. The Morgan fingerprint density at radius 1 is 1.19 bits per heavy atom. The number of hydrogen-bond donors (Lipinski definition) is 1. The molecule has 0 spiro atoms. The Morgan fingerprint density at radius 3 is 2.70 bits per heavy atom. The summed E-state index contributed by atoms with van der Waals surface area (Å²) in [6.07, 6.45) is 9.01.